The van der Waals surface area contributed by atoms with E-state index in [1.807, 2.05) is 24.3 Å². The Balaban J connectivity index is 1.86. The average molecular weight is 319 g/mol. The van der Waals surface area contributed by atoms with E-state index in [0.29, 0.717) is 6.04 Å². The van der Waals surface area contributed by atoms with Gasteiger partial charge in [-0.05, 0) is 37.6 Å². The molecule has 0 saturated carbocycles. The lowest BCUT2D eigenvalue weighted by atomic mass is 10.1. The van der Waals surface area contributed by atoms with E-state index in [0.717, 1.165) is 21.9 Å². The normalized spacial score (nSPS) is 11.4. The Kier molecular flexibility index (Phi) is 3.46. The van der Waals surface area contributed by atoms with E-state index in [1.54, 1.807) is 11.3 Å². The fraction of sp³-hybridized carbons (Fsp3) is 0.158. The van der Waals surface area contributed by atoms with Gasteiger partial charge in [-0.15, -0.1) is 11.3 Å². The lowest BCUT2D eigenvalue weighted by Crippen LogP contribution is -2.04. The molecule has 23 heavy (non-hydrogen) atoms. The SMILES string of the molecule is CC(C)n1nc(-c2nc3ccccc3s2)cc1-c1ccccc1. The number of para-hydroxylation sites is 1. The second-order valence-corrected chi connectivity index (χ2v) is 6.84. The average Bonchev–Trinajstić information content (AvgIpc) is 3.19. The molecule has 0 spiro atoms. The van der Waals surface area contributed by atoms with Crippen molar-refractivity contribution in [1.82, 2.24) is 14.8 Å². The van der Waals surface area contributed by atoms with Gasteiger partial charge in [-0.25, -0.2) is 4.98 Å². The standard InChI is InChI=1S/C19H17N3S/c1-13(2)22-17(14-8-4-3-5-9-14)12-16(21-22)19-20-15-10-6-7-11-18(15)23-19/h3-13H,1-2H3. The van der Waals surface area contributed by atoms with Crippen LogP contribution in [0.1, 0.15) is 19.9 Å². The van der Waals surface area contributed by atoms with Gasteiger partial charge >= 0.3 is 0 Å². The van der Waals surface area contributed by atoms with Crippen LogP contribution in [0.3, 0.4) is 0 Å². The molecule has 4 rings (SSSR count). The largest absolute Gasteiger partial charge is 0.262 e. The van der Waals surface area contributed by atoms with E-state index in [2.05, 4.69) is 54.9 Å². The Morgan fingerprint density at radius 3 is 2.43 bits per heavy atom. The molecule has 0 fully saturated rings. The van der Waals surface area contributed by atoms with E-state index in [1.165, 1.54) is 10.3 Å². The number of hydrogen-bond acceptors (Lipinski definition) is 3. The summed E-state index contributed by atoms with van der Waals surface area (Å²) in [6.07, 6.45) is 0. The third kappa shape index (κ3) is 2.55. The van der Waals surface area contributed by atoms with Crippen LogP contribution in [-0.4, -0.2) is 14.8 Å². The van der Waals surface area contributed by atoms with Crippen molar-refractivity contribution in [2.24, 2.45) is 0 Å². The molecule has 0 aliphatic rings. The molecule has 0 radical (unpaired) electrons. The summed E-state index contributed by atoms with van der Waals surface area (Å²) in [4.78, 5) is 4.73. The van der Waals surface area contributed by atoms with Crippen molar-refractivity contribution in [3.8, 4) is 22.0 Å². The molecule has 0 bridgehead atoms. The van der Waals surface area contributed by atoms with Crippen molar-refractivity contribution in [3.05, 3.63) is 60.7 Å². The highest BCUT2D eigenvalue weighted by molar-refractivity contribution is 7.21. The maximum atomic E-state index is 4.82. The van der Waals surface area contributed by atoms with Crippen LogP contribution in [0.2, 0.25) is 0 Å². The van der Waals surface area contributed by atoms with Crippen LogP contribution >= 0.6 is 11.3 Å². The van der Waals surface area contributed by atoms with Crippen LogP contribution in [0.5, 0.6) is 0 Å². The molecule has 0 unspecified atom stereocenters. The first-order valence-corrected chi connectivity index (χ1v) is 8.55. The number of aromatic nitrogens is 3. The van der Waals surface area contributed by atoms with Crippen molar-refractivity contribution in [2.75, 3.05) is 0 Å². The molecule has 4 heteroatoms. The summed E-state index contributed by atoms with van der Waals surface area (Å²) in [6, 6.07) is 21.1. The highest BCUT2D eigenvalue weighted by Crippen LogP contribution is 2.33. The van der Waals surface area contributed by atoms with Crippen LogP contribution in [0.25, 0.3) is 32.2 Å². The van der Waals surface area contributed by atoms with Gasteiger partial charge in [0.1, 0.15) is 10.7 Å². The Labute approximate surface area is 139 Å². The van der Waals surface area contributed by atoms with Crippen molar-refractivity contribution in [1.29, 1.82) is 0 Å². The van der Waals surface area contributed by atoms with Crippen molar-refractivity contribution < 1.29 is 0 Å². The minimum Gasteiger partial charge on any atom is -0.262 e. The number of fused-ring (bicyclic) bond motifs is 1. The van der Waals surface area contributed by atoms with Crippen LogP contribution in [-0.2, 0) is 0 Å². The third-order valence-electron chi connectivity index (χ3n) is 3.81. The van der Waals surface area contributed by atoms with Crippen LogP contribution in [0.15, 0.2) is 60.7 Å². The number of thiazole rings is 1. The van der Waals surface area contributed by atoms with Gasteiger partial charge in [-0.1, -0.05) is 42.5 Å². The molecule has 2 aromatic carbocycles. The van der Waals surface area contributed by atoms with Gasteiger partial charge in [0.15, 0.2) is 0 Å². The van der Waals surface area contributed by atoms with Crippen molar-refractivity contribution in [3.63, 3.8) is 0 Å². The molecule has 0 saturated heterocycles. The molecule has 0 aliphatic carbocycles. The topological polar surface area (TPSA) is 30.7 Å². The summed E-state index contributed by atoms with van der Waals surface area (Å²) in [5, 5.41) is 5.79. The first-order valence-electron chi connectivity index (χ1n) is 7.73. The van der Waals surface area contributed by atoms with Gasteiger partial charge in [-0.2, -0.15) is 5.10 Å². The lowest BCUT2D eigenvalue weighted by Gasteiger charge is -2.10. The van der Waals surface area contributed by atoms with E-state index in [-0.39, 0.29) is 0 Å². The summed E-state index contributed by atoms with van der Waals surface area (Å²) in [5.74, 6) is 0. The van der Waals surface area contributed by atoms with Crippen LogP contribution in [0, 0.1) is 0 Å². The molecule has 3 nitrogen and oxygen atoms in total. The minimum absolute atomic E-state index is 0.299. The zero-order valence-corrected chi connectivity index (χ0v) is 13.9. The van der Waals surface area contributed by atoms with Gasteiger partial charge in [0.2, 0.25) is 0 Å². The van der Waals surface area contributed by atoms with E-state index >= 15 is 0 Å². The summed E-state index contributed by atoms with van der Waals surface area (Å²) >= 11 is 1.69. The maximum Gasteiger partial charge on any atom is 0.145 e. The van der Waals surface area contributed by atoms with Crippen molar-refractivity contribution >= 4 is 21.6 Å². The quantitative estimate of drug-likeness (QED) is 0.505. The molecule has 2 heterocycles. The second-order valence-electron chi connectivity index (χ2n) is 5.81. The molecule has 4 aromatic rings. The fourth-order valence-electron chi connectivity index (χ4n) is 2.70. The van der Waals surface area contributed by atoms with E-state index in [9.17, 15) is 0 Å². The molecular formula is C19H17N3S. The predicted molar refractivity (Wildman–Crippen MR) is 96.7 cm³/mol. The molecular weight excluding hydrogens is 302 g/mol. The Morgan fingerprint density at radius 1 is 0.957 bits per heavy atom. The van der Waals surface area contributed by atoms with Gasteiger partial charge in [0, 0.05) is 6.04 Å². The van der Waals surface area contributed by atoms with Gasteiger partial charge in [0.25, 0.3) is 0 Å². The monoisotopic (exact) mass is 319 g/mol. The Hall–Kier alpha value is -2.46. The highest BCUT2D eigenvalue weighted by Gasteiger charge is 2.16. The highest BCUT2D eigenvalue weighted by atomic mass is 32.1. The van der Waals surface area contributed by atoms with Gasteiger partial charge in [0.05, 0.1) is 15.9 Å². The molecule has 0 amide bonds. The van der Waals surface area contributed by atoms with Crippen LogP contribution in [0.4, 0.5) is 0 Å². The zero-order chi connectivity index (χ0) is 15.8. The molecule has 0 N–H and O–H groups in total. The summed E-state index contributed by atoms with van der Waals surface area (Å²) in [5.41, 5.74) is 4.29. The maximum absolute atomic E-state index is 4.82. The predicted octanol–water partition coefficient (Wildman–Crippen LogP) is 5.41. The van der Waals surface area contributed by atoms with Gasteiger partial charge < -0.3 is 0 Å². The first kappa shape index (κ1) is 14.2. The summed E-state index contributed by atoms with van der Waals surface area (Å²) in [6.45, 7) is 4.31. The summed E-state index contributed by atoms with van der Waals surface area (Å²) in [7, 11) is 0. The lowest BCUT2D eigenvalue weighted by molar-refractivity contribution is 0.540. The van der Waals surface area contributed by atoms with Crippen LogP contribution < -0.4 is 0 Å². The minimum atomic E-state index is 0.299. The first-order chi connectivity index (χ1) is 11.2. The molecule has 2 aromatic heterocycles. The summed E-state index contributed by atoms with van der Waals surface area (Å²) < 4.78 is 3.28. The fourth-order valence-corrected chi connectivity index (χ4v) is 3.62. The second kappa shape index (κ2) is 5.63. The molecule has 0 aliphatic heterocycles. The Morgan fingerprint density at radius 2 is 1.70 bits per heavy atom. The number of rotatable bonds is 3. The van der Waals surface area contributed by atoms with E-state index in [4.69, 9.17) is 10.1 Å². The van der Waals surface area contributed by atoms with E-state index < -0.39 is 0 Å². The molecule has 114 valence electrons. The number of nitrogens with zero attached hydrogens (tertiary/aromatic N) is 3. The van der Waals surface area contributed by atoms with Crippen molar-refractivity contribution in [2.45, 2.75) is 19.9 Å². The number of benzene rings is 2. The Bertz CT molecular complexity index is 918. The third-order valence-corrected chi connectivity index (χ3v) is 4.87. The molecule has 0 atom stereocenters. The smallest absolute Gasteiger partial charge is 0.145 e. The van der Waals surface area contributed by atoms with Gasteiger partial charge in [-0.3, -0.25) is 4.68 Å². The zero-order valence-electron chi connectivity index (χ0n) is 13.1. The number of hydrogen-bond donors (Lipinski definition) is 0.